The van der Waals surface area contributed by atoms with Crippen LogP contribution in [-0.2, 0) is 36.8 Å². The highest BCUT2D eigenvalue weighted by atomic mass is 16.6. The van der Waals surface area contributed by atoms with Gasteiger partial charge in [-0.15, -0.1) is 10.2 Å². The first-order chi connectivity index (χ1) is 19.8. The molecule has 0 unspecified atom stereocenters. The number of benzene rings is 1. The van der Waals surface area contributed by atoms with E-state index in [-0.39, 0.29) is 35.4 Å². The van der Waals surface area contributed by atoms with Gasteiger partial charge in [0.1, 0.15) is 5.52 Å². The molecule has 5 atom stereocenters. The first-order valence-corrected chi connectivity index (χ1v) is 13.0. The highest BCUT2D eigenvalue weighted by Crippen LogP contribution is 2.42. The van der Waals surface area contributed by atoms with Crippen molar-refractivity contribution < 1.29 is 28.9 Å². The number of aryl methyl sites for hydroxylation is 1. The van der Waals surface area contributed by atoms with E-state index in [0.29, 0.717) is 13.0 Å². The number of aliphatic hydroxyl groups is 1. The third-order valence-electron chi connectivity index (χ3n) is 6.40. The van der Waals surface area contributed by atoms with Crippen molar-refractivity contribution in [3.8, 4) is 0 Å². The Bertz CT molecular complexity index is 1530. The number of hydrogen-bond donors (Lipinski definition) is 3. The van der Waals surface area contributed by atoms with Gasteiger partial charge < -0.3 is 30.4 Å². The highest BCUT2D eigenvalue weighted by molar-refractivity contribution is 5.83. The van der Waals surface area contributed by atoms with Crippen LogP contribution in [0.15, 0.2) is 36.7 Å². The monoisotopic (exact) mass is 566 g/mol. The van der Waals surface area contributed by atoms with Crippen LogP contribution in [0.5, 0.6) is 0 Å². The fourth-order valence-electron chi connectivity index (χ4n) is 4.64. The van der Waals surface area contributed by atoms with Gasteiger partial charge in [-0.05, 0) is 24.1 Å². The fourth-order valence-corrected chi connectivity index (χ4v) is 4.64. The van der Waals surface area contributed by atoms with E-state index >= 15 is 0 Å². The molecule has 16 nitrogen and oxygen atoms in total. The number of hydrogen-bond acceptors (Lipinski definition) is 14. The van der Waals surface area contributed by atoms with Crippen molar-refractivity contribution in [3.05, 3.63) is 48.0 Å². The Balaban J connectivity index is 1.51. The van der Waals surface area contributed by atoms with Crippen molar-refractivity contribution in [1.29, 1.82) is 0 Å². The summed E-state index contributed by atoms with van der Waals surface area (Å²) in [5.74, 6) is -0.874. The average molecular weight is 567 g/mol. The number of anilines is 2. The van der Waals surface area contributed by atoms with E-state index in [1.165, 1.54) is 29.5 Å². The molecule has 1 aromatic carbocycles. The standard InChI is InChI=1S/C25H30N10O6/c1-4-35-32-22(31-33-35)19-18(39-13(2)37)20(40-14(3)38)24(41-19)34-12-27-17-21(26)29-25(30-23(17)34)28-16(11-36)10-15-8-6-5-7-9-15/h5-9,12,16,18-20,24,36H,4,10-11H2,1-3H3,(H3,26,28,29,30)/t16-,18-,19+,20-,24-/m0/s1. The van der Waals surface area contributed by atoms with Crippen LogP contribution in [0, 0.1) is 0 Å². The van der Waals surface area contributed by atoms with E-state index in [4.69, 9.17) is 19.9 Å². The van der Waals surface area contributed by atoms with Crippen molar-refractivity contribution >= 4 is 34.9 Å². The molecule has 1 aliphatic heterocycles. The maximum absolute atomic E-state index is 12.1. The molecular formula is C25H30N10O6. The molecule has 0 saturated carbocycles. The van der Waals surface area contributed by atoms with Crippen molar-refractivity contribution in [2.75, 3.05) is 17.7 Å². The minimum Gasteiger partial charge on any atom is -0.455 e. The predicted molar refractivity (Wildman–Crippen MR) is 142 cm³/mol. The van der Waals surface area contributed by atoms with E-state index in [0.717, 1.165) is 5.56 Å². The van der Waals surface area contributed by atoms with Crippen molar-refractivity contribution in [1.82, 2.24) is 39.7 Å². The third-order valence-corrected chi connectivity index (χ3v) is 6.40. The molecule has 4 N–H and O–H groups in total. The molecule has 0 aliphatic carbocycles. The number of carbonyl (C=O) groups is 2. The second kappa shape index (κ2) is 11.8. The zero-order chi connectivity index (χ0) is 29.1. The molecule has 0 spiro atoms. The Morgan fingerprint density at radius 3 is 2.54 bits per heavy atom. The summed E-state index contributed by atoms with van der Waals surface area (Å²) in [6.45, 7) is 4.57. The molecule has 16 heteroatoms. The number of fused-ring (bicyclic) bond motifs is 1. The number of aliphatic hydroxyl groups excluding tert-OH is 1. The molecule has 3 aromatic heterocycles. The van der Waals surface area contributed by atoms with Gasteiger partial charge in [-0.2, -0.15) is 14.8 Å². The van der Waals surface area contributed by atoms with E-state index in [9.17, 15) is 14.7 Å². The van der Waals surface area contributed by atoms with E-state index in [1.54, 1.807) is 0 Å². The number of nitrogens with one attached hydrogen (secondary N) is 1. The van der Waals surface area contributed by atoms with E-state index < -0.39 is 42.5 Å². The first kappa shape index (κ1) is 27.9. The predicted octanol–water partition coefficient (Wildman–Crippen LogP) is 0.564. The molecule has 216 valence electrons. The van der Waals surface area contributed by atoms with E-state index in [1.807, 2.05) is 37.3 Å². The molecule has 0 bridgehead atoms. The molecule has 1 saturated heterocycles. The lowest BCUT2D eigenvalue weighted by molar-refractivity contribution is -0.165. The lowest BCUT2D eigenvalue weighted by Crippen LogP contribution is -2.37. The fraction of sp³-hybridized carbons (Fsp3) is 0.440. The maximum atomic E-state index is 12.1. The molecule has 41 heavy (non-hydrogen) atoms. The van der Waals surface area contributed by atoms with Gasteiger partial charge in [0.25, 0.3) is 0 Å². The van der Waals surface area contributed by atoms with Gasteiger partial charge in [-0.25, -0.2) is 4.98 Å². The number of aromatic nitrogens is 8. The number of nitrogen functional groups attached to an aromatic ring is 1. The van der Waals surface area contributed by atoms with Gasteiger partial charge >= 0.3 is 11.9 Å². The number of nitrogens with two attached hydrogens (primary N) is 1. The Morgan fingerprint density at radius 2 is 1.88 bits per heavy atom. The van der Waals surface area contributed by atoms with Crippen molar-refractivity contribution in [3.63, 3.8) is 0 Å². The van der Waals surface area contributed by atoms with Crippen molar-refractivity contribution in [2.45, 2.75) is 64.3 Å². The topological polar surface area (TPSA) is 207 Å². The summed E-state index contributed by atoms with van der Waals surface area (Å²) in [4.78, 5) is 38.8. The molecule has 1 aliphatic rings. The number of ether oxygens (including phenoxy) is 3. The van der Waals surface area contributed by atoms with Gasteiger partial charge in [-0.1, -0.05) is 30.3 Å². The largest absolute Gasteiger partial charge is 0.455 e. The van der Waals surface area contributed by atoms with Gasteiger partial charge in [0, 0.05) is 13.8 Å². The molecule has 4 heterocycles. The van der Waals surface area contributed by atoms with E-state index in [2.05, 4.69) is 35.7 Å². The summed E-state index contributed by atoms with van der Waals surface area (Å²) in [7, 11) is 0. The molecule has 1 fully saturated rings. The number of carbonyl (C=O) groups excluding carboxylic acids is 2. The first-order valence-electron chi connectivity index (χ1n) is 13.0. The minimum atomic E-state index is -1.12. The number of tetrazole rings is 1. The van der Waals surface area contributed by atoms with Crippen LogP contribution in [0.1, 0.15) is 44.5 Å². The summed E-state index contributed by atoms with van der Waals surface area (Å²) in [6.07, 6.45) is -2.38. The second-order valence-electron chi connectivity index (χ2n) is 9.40. The van der Waals surface area contributed by atoms with Gasteiger partial charge in [-0.3, -0.25) is 14.2 Å². The number of esters is 2. The SMILES string of the molecule is CCn1nnc([C@@H]2O[C@H](n3cnc4c(N)nc(N[C@H](CO)Cc5ccccc5)nc43)[C@@H](OC(C)=O)[C@H]2OC(C)=O)n1. The van der Waals surface area contributed by atoms with Gasteiger partial charge in [0.2, 0.25) is 11.8 Å². The molecule has 5 rings (SSSR count). The van der Waals surface area contributed by atoms with Crippen molar-refractivity contribution in [2.24, 2.45) is 0 Å². The molecular weight excluding hydrogens is 536 g/mol. The smallest absolute Gasteiger partial charge is 0.303 e. The number of imidazole rings is 1. The summed E-state index contributed by atoms with van der Waals surface area (Å²) in [6, 6.07) is 9.24. The lowest BCUT2D eigenvalue weighted by Gasteiger charge is -2.23. The Morgan fingerprint density at radius 1 is 1.15 bits per heavy atom. The quantitative estimate of drug-likeness (QED) is 0.224. The normalized spacial score (nSPS) is 21.1. The Hall–Kier alpha value is -4.70. The summed E-state index contributed by atoms with van der Waals surface area (Å²) >= 11 is 0. The van der Waals surface area contributed by atoms with Crippen LogP contribution < -0.4 is 11.1 Å². The van der Waals surface area contributed by atoms with Crippen LogP contribution in [-0.4, -0.2) is 81.6 Å². The average Bonchev–Trinajstić information content (AvgIpc) is 3.66. The van der Waals surface area contributed by atoms with Crippen LogP contribution in [0.4, 0.5) is 11.8 Å². The maximum Gasteiger partial charge on any atom is 0.303 e. The molecule has 4 aromatic rings. The van der Waals surface area contributed by atoms with Crippen LogP contribution >= 0.6 is 0 Å². The zero-order valence-electron chi connectivity index (χ0n) is 22.6. The van der Waals surface area contributed by atoms with Gasteiger partial charge in [0.15, 0.2) is 36.0 Å². The molecule has 0 amide bonds. The minimum absolute atomic E-state index is 0.0790. The van der Waals surface area contributed by atoms with Crippen LogP contribution in [0.2, 0.25) is 0 Å². The van der Waals surface area contributed by atoms with Crippen LogP contribution in [0.25, 0.3) is 11.2 Å². The van der Waals surface area contributed by atoms with Gasteiger partial charge in [0.05, 0.1) is 25.5 Å². The summed E-state index contributed by atoms with van der Waals surface area (Å²) in [5, 5.41) is 25.4. The summed E-state index contributed by atoms with van der Waals surface area (Å²) < 4.78 is 19.0. The highest BCUT2D eigenvalue weighted by Gasteiger charge is 2.53. The lowest BCUT2D eigenvalue weighted by atomic mass is 10.1. The molecule has 0 radical (unpaired) electrons. The zero-order valence-corrected chi connectivity index (χ0v) is 22.6. The third kappa shape index (κ3) is 5.92. The number of rotatable bonds is 10. The second-order valence-corrected chi connectivity index (χ2v) is 9.40. The van der Waals surface area contributed by atoms with Crippen LogP contribution in [0.3, 0.4) is 0 Å². The Labute approximate surface area is 233 Å². The summed E-state index contributed by atoms with van der Waals surface area (Å²) in [5.41, 5.74) is 7.77. The number of nitrogens with zero attached hydrogens (tertiary/aromatic N) is 8. The Kier molecular flexibility index (Phi) is 8.02.